The molecule has 4 aromatic rings. The van der Waals surface area contributed by atoms with E-state index in [-0.39, 0.29) is 11.8 Å². The largest absolute Gasteiger partial charge is 0.493 e. The normalized spacial score (nSPS) is 18.8. The van der Waals surface area contributed by atoms with Gasteiger partial charge >= 0.3 is 0 Å². The van der Waals surface area contributed by atoms with Gasteiger partial charge in [0.15, 0.2) is 5.82 Å². The molecule has 1 amide bonds. The number of rotatable bonds is 4. The predicted molar refractivity (Wildman–Crippen MR) is 140 cm³/mol. The molecule has 0 radical (unpaired) electrons. The highest BCUT2D eigenvalue weighted by Crippen LogP contribution is 2.33. The van der Waals surface area contributed by atoms with Crippen molar-refractivity contribution in [3.05, 3.63) is 59.5 Å². The maximum Gasteiger partial charge on any atom is 0.223 e. The number of nitrogens with zero attached hydrogens (tertiary/aromatic N) is 4. The number of carbonyl (C=O) groups excluding carboxylic acids is 1. The van der Waals surface area contributed by atoms with Gasteiger partial charge in [-0.25, -0.2) is 4.98 Å². The molecule has 6 rings (SSSR count). The first-order chi connectivity index (χ1) is 18.0. The lowest BCUT2D eigenvalue weighted by molar-refractivity contribution is -0.133. The lowest BCUT2D eigenvalue weighted by Crippen LogP contribution is -2.39. The molecule has 1 N–H and O–H groups in total. The van der Waals surface area contributed by atoms with Crippen LogP contribution in [0.2, 0.25) is 0 Å². The Morgan fingerprint density at radius 1 is 1.03 bits per heavy atom. The number of imidazole rings is 1. The van der Waals surface area contributed by atoms with Gasteiger partial charge in [-0.2, -0.15) is 4.98 Å². The number of likely N-dealkylation sites (tertiary alicyclic amines) is 1. The molecular formula is C29H33N5O3. The van der Waals surface area contributed by atoms with Crippen LogP contribution in [0.3, 0.4) is 0 Å². The van der Waals surface area contributed by atoms with Gasteiger partial charge in [0, 0.05) is 32.4 Å². The van der Waals surface area contributed by atoms with Crippen molar-refractivity contribution in [2.45, 2.75) is 58.3 Å². The van der Waals surface area contributed by atoms with Crippen molar-refractivity contribution in [3.8, 4) is 16.9 Å². The van der Waals surface area contributed by atoms with Gasteiger partial charge < -0.3 is 19.1 Å². The number of amides is 1. The number of piperidine rings is 1. The molecule has 8 heteroatoms. The highest BCUT2D eigenvalue weighted by atomic mass is 16.5. The van der Waals surface area contributed by atoms with Crippen molar-refractivity contribution in [1.82, 2.24) is 25.0 Å². The minimum absolute atomic E-state index is 0.255. The standard InChI is InChI=1S/C29H33N5O3/c1-18-30-25-7-5-23(17-26(25)31-18)22-6-8-27-24(16-22)4-3-20(11-14-36-27)15-28(35)34-12-9-21(10-13-34)29-32-19(2)37-33-29/h5-8,16-17,20-21H,3-4,9-15H2,1-2H3,(H,30,31). The van der Waals surface area contributed by atoms with Crippen molar-refractivity contribution < 1.29 is 14.1 Å². The molecule has 8 nitrogen and oxygen atoms in total. The zero-order chi connectivity index (χ0) is 25.4. The maximum absolute atomic E-state index is 13.1. The van der Waals surface area contributed by atoms with Gasteiger partial charge in [-0.15, -0.1) is 0 Å². The number of fused-ring (bicyclic) bond motifs is 2. The van der Waals surface area contributed by atoms with Crippen LogP contribution < -0.4 is 4.74 Å². The Labute approximate surface area is 216 Å². The lowest BCUT2D eigenvalue weighted by Gasteiger charge is -2.32. The van der Waals surface area contributed by atoms with Gasteiger partial charge in [-0.1, -0.05) is 17.3 Å². The quantitative estimate of drug-likeness (QED) is 0.406. The van der Waals surface area contributed by atoms with Crippen LogP contribution in [0.25, 0.3) is 22.2 Å². The smallest absolute Gasteiger partial charge is 0.223 e. The molecule has 0 saturated carbocycles. The summed E-state index contributed by atoms with van der Waals surface area (Å²) in [6.45, 7) is 5.94. The van der Waals surface area contributed by atoms with Crippen LogP contribution in [0.5, 0.6) is 5.75 Å². The summed E-state index contributed by atoms with van der Waals surface area (Å²) in [6.07, 6.45) is 5.16. The number of H-pyrrole nitrogens is 1. The fourth-order valence-corrected chi connectivity index (χ4v) is 5.70. The first-order valence-corrected chi connectivity index (χ1v) is 13.3. The Hall–Kier alpha value is -3.68. The molecule has 2 aromatic heterocycles. The molecular weight excluding hydrogens is 466 g/mol. The molecule has 2 aromatic carbocycles. The number of hydrogen-bond donors (Lipinski definition) is 1. The third kappa shape index (κ3) is 5.10. The fraction of sp³-hybridized carbons (Fsp3) is 0.448. The van der Waals surface area contributed by atoms with Gasteiger partial charge in [-0.3, -0.25) is 4.79 Å². The highest BCUT2D eigenvalue weighted by molar-refractivity contribution is 5.82. The number of aromatic amines is 1. The molecule has 0 spiro atoms. The highest BCUT2D eigenvalue weighted by Gasteiger charge is 2.28. The summed E-state index contributed by atoms with van der Waals surface area (Å²) in [5.74, 6) is 4.12. The van der Waals surface area contributed by atoms with Crippen LogP contribution in [0.15, 0.2) is 40.9 Å². The number of ether oxygens (including phenoxy) is 1. The van der Waals surface area contributed by atoms with E-state index in [1.54, 1.807) is 0 Å². The van der Waals surface area contributed by atoms with E-state index in [1.807, 2.05) is 18.7 Å². The number of hydrogen-bond acceptors (Lipinski definition) is 6. The number of aromatic nitrogens is 4. The molecule has 2 aliphatic heterocycles. The number of carbonyl (C=O) groups is 1. The van der Waals surface area contributed by atoms with Crippen LogP contribution >= 0.6 is 0 Å². The average molecular weight is 500 g/mol. The summed E-state index contributed by atoms with van der Waals surface area (Å²) in [7, 11) is 0. The summed E-state index contributed by atoms with van der Waals surface area (Å²) in [4.78, 5) is 27.4. The molecule has 0 aliphatic carbocycles. The zero-order valence-electron chi connectivity index (χ0n) is 21.5. The van der Waals surface area contributed by atoms with Gasteiger partial charge in [-0.05, 0) is 85.9 Å². The van der Waals surface area contributed by atoms with Crippen molar-refractivity contribution in [2.24, 2.45) is 5.92 Å². The Morgan fingerprint density at radius 2 is 1.84 bits per heavy atom. The molecule has 0 bridgehead atoms. The average Bonchev–Trinajstić information content (AvgIpc) is 3.50. The van der Waals surface area contributed by atoms with E-state index < -0.39 is 0 Å². The minimum atomic E-state index is 0.255. The van der Waals surface area contributed by atoms with Crippen molar-refractivity contribution in [1.29, 1.82) is 0 Å². The van der Waals surface area contributed by atoms with Crippen LogP contribution in [0.1, 0.15) is 61.1 Å². The van der Waals surface area contributed by atoms with Gasteiger partial charge in [0.2, 0.25) is 11.8 Å². The molecule has 1 atom stereocenters. The molecule has 37 heavy (non-hydrogen) atoms. The third-order valence-electron chi connectivity index (χ3n) is 7.82. The molecule has 4 heterocycles. The van der Waals surface area contributed by atoms with Gasteiger partial charge in [0.1, 0.15) is 11.6 Å². The molecule has 2 aliphatic rings. The molecule has 1 saturated heterocycles. The monoisotopic (exact) mass is 499 g/mol. The van der Waals surface area contributed by atoms with Gasteiger partial charge in [0.05, 0.1) is 17.6 Å². The zero-order valence-corrected chi connectivity index (χ0v) is 21.5. The summed E-state index contributed by atoms with van der Waals surface area (Å²) >= 11 is 0. The molecule has 1 fully saturated rings. The van der Waals surface area contributed by atoms with E-state index in [2.05, 4.69) is 56.5 Å². The van der Waals surface area contributed by atoms with E-state index in [4.69, 9.17) is 9.26 Å². The van der Waals surface area contributed by atoms with E-state index in [9.17, 15) is 4.79 Å². The van der Waals surface area contributed by atoms with Crippen LogP contribution in [0.4, 0.5) is 0 Å². The van der Waals surface area contributed by atoms with Crippen LogP contribution in [-0.4, -0.2) is 50.6 Å². The third-order valence-corrected chi connectivity index (χ3v) is 7.82. The number of aryl methyl sites for hydroxylation is 3. The number of benzene rings is 2. The van der Waals surface area contributed by atoms with E-state index in [0.29, 0.717) is 24.8 Å². The van der Waals surface area contributed by atoms with Gasteiger partial charge in [0.25, 0.3) is 0 Å². The second-order valence-electron chi connectivity index (χ2n) is 10.4. The Bertz CT molecular complexity index is 1420. The minimum Gasteiger partial charge on any atom is -0.493 e. The summed E-state index contributed by atoms with van der Waals surface area (Å²) in [5.41, 5.74) is 5.58. The molecule has 192 valence electrons. The second-order valence-corrected chi connectivity index (χ2v) is 10.4. The first kappa shape index (κ1) is 23.7. The Balaban J connectivity index is 1.08. The van der Waals surface area contributed by atoms with Crippen molar-refractivity contribution >= 4 is 16.9 Å². The summed E-state index contributed by atoms with van der Waals surface area (Å²) < 4.78 is 11.3. The van der Waals surface area contributed by atoms with E-state index >= 15 is 0 Å². The van der Waals surface area contributed by atoms with Crippen molar-refractivity contribution in [3.63, 3.8) is 0 Å². The predicted octanol–water partition coefficient (Wildman–Crippen LogP) is 5.36. The van der Waals surface area contributed by atoms with Crippen LogP contribution in [0, 0.1) is 19.8 Å². The fourth-order valence-electron chi connectivity index (χ4n) is 5.70. The summed E-state index contributed by atoms with van der Waals surface area (Å²) in [6, 6.07) is 12.8. The Kier molecular flexibility index (Phi) is 6.40. The second kappa shape index (κ2) is 10.00. The lowest BCUT2D eigenvalue weighted by atomic mass is 9.90. The van der Waals surface area contributed by atoms with Crippen molar-refractivity contribution in [2.75, 3.05) is 19.7 Å². The maximum atomic E-state index is 13.1. The summed E-state index contributed by atoms with van der Waals surface area (Å²) in [5, 5.41) is 4.07. The van der Waals surface area contributed by atoms with Crippen LogP contribution in [-0.2, 0) is 11.2 Å². The topological polar surface area (TPSA) is 97.1 Å². The first-order valence-electron chi connectivity index (χ1n) is 13.3. The van der Waals surface area contributed by atoms with E-state index in [0.717, 1.165) is 79.2 Å². The molecule has 1 unspecified atom stereocenters. The Morgan fingerprint density at radius 3 is 2.65 bits per heavy atom. The number of nitrogens with one attached hydrogen (secondary N) is 1. The SMILES string of the molecule is Cc1nc2ccc(-c3ccc4c(c3)CCC(CC(=O)N3CCC(c5noc(C)n5)CC3)CCO4)cc2[nH]1. The van der Waals surface area contributed by atoms with E-state index in [1.165, 1.54) is 11.1 Å².